The summed E-state index contributed by atoms with van der Waals surface area (Å²) in [5, 5.41) is 11.4. The first-order valence-corrected chi connectivity index (χ1v) is 11.9. The number of ketones is 1. The molecule has 35 heavy (non-hydrogen) atoms. The average molecular weight is 513 g/mol. The molecule has 1 fully saturated rings. The molecular weight excluding hydrogens is 491 g/mol. The fraction of sp³-hybridized carbons (Fsp3) is 0.318. The maximum atomic E-state index is 13.3. The van der Waals surface area contributed by atoms with Crippen LogP contribution >= 0.6 is 0 Å². The lowest BCUT2D eigenvalue weighted by Crippen LogP contribution is -2.41. The minimum absolute atomic E-state index is 0.0794. The number of carbonyl (C=O) groups excluding carboxylic acids is 3. The number of nitrogens with one attached hydrogen (secondary N) is 2. The second kappa shape index (κ2) is 10.1. The van der Waals surface area contributed by atoms with Crippen LogP contribution in [0.2, 0.25) is 0 Å². The van der Waals surface area contributed by atoms with Crippen LogP contribution in [0.15, 0.2) is 47.4 Å². The summed E-state index contributed by atoms with van der Waals surface area (Å²) in [7, 11) is -4.27. The molecule has 9 nitrogen and oxygen atoms in total. The minimum atomic E-state index is -4.52. The molecule has 0 radical (unpaired) electrons. The number of sulfonamides is 1. The van der Waals surface area contributed by atoms with Crippen LogP contribution in [0.25, 0.3) is 0 Å². The summed E-state index contributed by atoms with van der Waals surface area (Å²) in [5.41, 5.74) is 0.0366. The number of halogens is 3. The second-order valence-corrected chi connectivity index (χ2v) is 9.82. The summed E-state index contributed by atoms with van der Waals surface area (Å²) in [4.78, 5) is 36.0. The van der Waals surface area contributed by atoms with Gasteiger partial charge in [-0.2, -0.15) is 17.5 Å². The molecule has 0 bridgehead atoms. The van der Waals surface area contributed by atoms with Crippen molar-refractivity contribution in [2.45, 2.75) is 30.8 Å². The highest BCUT2D eigenvalue weighted by molar-refractivity contribution is 7.89. The Labute approximate surface area is 198 Å². The molecule has 0 aromatic heterocycles. The number of anilines is 1. The maximum absolute atomic E-state index is 13.3. The van der Waals surface area contributed by atoms with Gasteiger partial charge in [0, 0.05) is 31.5 Å². The third-order valence-corrected chi connectivity index (χ3v) is 7.55. The molecule has 1 heterocycles. The molecule has 188 valence electrons. The maximum Gasteiger partial charge on any atom is 0.416 e. The van der Waals surface area contributed by atoms with E-state index in [0.717, 1.165) is 34.6 Å². The molecule has 1 aliphatic heterocycles. The van der Waals surface area contributed by atoms with Crippen LogP contribution in [0.1, 0.15) is 46.0 Å². The quantitative estimate of drug-likeness (QED) is 0.309. The van der Waals surface area contributed by atoms with Gasteiger partial charge in [-0.3, -0.25) is 19.6 Å². The van der Waals surface area contributed by atoms with Crippen molar-refractivity contribution in [2.75, 3.05) is 18.4 Å². The van der Waals surface area contributed by atoms with Crippen LogP contribution < -0.4 is 10.8 Å². The van der Waals surface area contributed by atoms with E-state index in [4.69, 9.17) is 5.21 Å². The van der Waals surface area contributed by atoms with Crippen LogP contribution in [0.3, 0.4) is 0 Å². The molecular formula is C22H22F3N3O6S. The summed E-state index contributed by atoms with van der Waals surface area (Å²) in [6.07, 6.45) is -4.29. The number of benzene rings is 2. The van der Waals surface area contributed by atoms with Crippen molar-refractivity contribution < 1.29 is 41.2 Å². The van der Waals surface area contributed by atoms with E-state index in [9.17, 15) is 36.0 Å². The third kappa shape index (κ3) is 5.69. The fourth-order valence-electron chi connectivity index (χ4n) is 3.89. The van der Waals surface area contributed by atoms with Crippen molar-refractivity contribution >= 4 is 33.3 Å². The van der Waals surface area contributed by atoms with E-state index < -0.39 is 50.0 Å². The van der Waals surface area contributed by atoms with Crippen LogP contribution in [0, 0.1) is 5.92 Å². The lowest BCUT2D eigenvalue weighted by Gasteiger charge is -2.31. The van der Waals surface area contributed by atoms with E-state index in [2.05, 4.69) is 5.32 Å². The number of piperidine rings is 1. The number of nitrogens with zero attached hydrogens (tertiary/aromatic N) is 1. The first-order chi connectivity index (χ1) is 16.4. The number of rotatable bonds is 6. The van der Waals surface area contributed by atoms with Gasteiger partial charge in [-0.05, 0) is 37.1 Å². The molecule has 0 aliphatic carbocycles. The predicted octanol–water partition coefficient (Wildman–Crippen LogP) is 3.07. The number of Topliss-reactive ketones (excluding diaryl/α,β-unsaturated/α-hetero) is 1. The molecule has 3 N–H and O–H groups in total. The molecule has 13 heteroatoms. The van der Waals surface area contributed by atoms with E-state index in [-0.39, 0.29) is 43.0 Å². The predicted molar refractivity (Wildman–Crippen MR) is 117 cm³/mol. The molecule has 1 aliphatic rings. The van der Waals surface area contributed by atoms with E-state index in [1.54, 1.807) is 0 Å². The molecule has 1 saturated heterocycles. The first kappa shape index (κ1) is 26.3. The minimum Gasteiger partial charge on any atom is -0.326 e. The largest absolute Gasteiger partial charge is 0.416 e. The standard InChI is InChI=1S/C22H22F3N3O6S/c1-13(29)26-17-3-2-4-18(19(17)21(31)27-32)35(33,34)28-11-9-15(10-12-28)20(30)14-5-7-16(8-6-14)22(23,24)25/h2-8,15,32H,9-12H2,1H3,(H,26,29)(H,27,31). The summed E-state index contributed by atoms with van der Waals surface area (Å²) >= 11 is 0. The van der Waals surface area contributed by atoms with Gasteiger partial charge in [0.1, 0.15) is 0 Å². The highest BCUT2D eigenvalue weighted by atomic mass is 32.2. The van der Waals surface area contributed by atoms with Gasteiger partial charge in [0.15, 0.2) is 5.78 Å². The van der Waals surface area contributed by atoms with E-state index in [0.29, 0.717) is 0 Å². The Hall–Kier alpha value is -3.29. The van der Waals surface area contributed by atoms with E-state index in [1.807, 2.05) is 0 Å². The van der Waals surface area contributed by atoms with Gasteiger partial charge in [0.2, 0.25) is 15.9 Å². The SMILES string of the molecule is CC(=O)Nc1cccc(S(=O)(=O)N2CCC(C(=O)c3ccc(C(F)(F)F)cc3)CC2)c1C(=O)NO. The monoisotopic (exact) mass is 513 g/mol. The summed E-state index contributed by atoms with van der Waals surface area (Å²) in [6.45, 7) is 1.01. The van der Waals surface area contributed by atoms with Crippen molar-refractivity contribution in [3.8, 4) is 0 Å². The number of hydrogen-bond donors (Lipinski definition) is 3. The van der Waals surface area contributed by atoms with Gasteiger partial charge >= 0.3 is 6.18 Å². The lowest BCUT2D eigenvalue weighted by molar-refractivity contribution is -0.137. The van der Waals surface area contributed by atoms with Crippen molar-refractivity contribution in [3.05, 3.63) is 59.2 Å². The Morgan fingerprint density at radius 2 is 1.63 bits per heavy atom. The Kier molecular flexibility index (Phi) is 7.62. The highest BCUT2D eigenvalue weighted by Gasteiger charge is 2.36. The molecule has 0 atom stereocenters. The number of carbonyl (C=O) groups is 3. The van der Waals surface area contributed by atoms with Gasteiger partial charge in [-0.15, -0.1) is 0 Å². The summed E-state index contributed by atoms with van der Waals surface area (Å²) in [5.74, 6) is -2.68. The van der Waals surface area contributed by atoms with E-state index in [1.165, 1.54) is 24.5 Å². The van der Waals surface area contributed by atoms with Gasteiger partial charge < -0.3 is 5.32 Å². The van der Waals surface area contributed by atoms with Crippen molar-refractivity contribution in [2.24, 2.45) is 5.92 Å². The third-order valence-electron chi connectivity index (χ3n) is 5.60. The smallest absolute Gasteiger partial charge is 0.326 e. The zero-order chi connectivity index (χ0) is 26.0. The molecule has 2 aromatic rings. The molecule has 2 aromatic carbocycles. The second-order valence-electron chi connectivity index (χ2n) is 7.92. The lowest BCUT2D eigenvalue weighted by atomic mass is 9.89. The van der Waals surface area contributed by atoms with Gasteiger partial charge in [-0.25, -0.2) is 13.9 Å². The zero-order valence-electron chi connectivity index (χ0n) is 18.4. The fourth-order valence-corrected chi connectivity index (χ4v) is 5.57. The Balaban J connectivity index is 1.80. The van der Waals surface area contributed by atoms with Gasteiger partial charge in [0.25, 0.3) is 5.91 Å². The summed E-state index contributed by atoms with van der Waals surface area (Å²) in [6, 6.07) is 7.63. The van der Waals surface area contributed by atoms with Crippen LogP contribution in [-0.4, -0.2) is 48.6 Å². The molecule has 2 amide bonds. The molecule has 0 saturated carbocycles. The normalized spacial score (nSPS) is 15.5. The molecule has 0 unspecified atom stereocenters. The van der Waals surface area contributed by atoms with E-state index >= 15 is 0 Å². The Bertz CT molecular complexity index is 1240. The number of amides is 2. The topological polar surface area (TPSA) is 133 Å². The van der Waals surface area contributed by atoms with Gasteiger partial charge in [0.05, 0.1) is 21.7 Å². The Morgan fingerprint density at radius 3 is 2.14 bits per heavy atom. The first-order valence-electron chi connectivity index (χ1n) is 10.4. The Morgan fingerprint density at radius 1 is 1.03 bits per heavy atom. The van der Waals surface area contributed by atoms with Crippen molar-refractivity contribution in [1.29, 1.82) is 0 Å². The van der Waals surface area contributed by atoms with Crippen LogP contribution in [-0.2, 0) is 21.0 Å². The number of hydrogen-bond acceptors (Lipinski definition) is 6. The van der Waals surface area contributed by atoms with Gasteiger partial charge in [-0.1, -0.05) is 18.2 Å². The molecule has 3 rings (SSSR count). The number of alkyl halides is 3. The van der Waals surface area contributed by atoms with Crippen LogP contribution in [0.5, 0.6) is 0 Å². The average Bonchev–Trinajstić information content (AvgIpc) is 2.82. The zero-order valence-corrected chi connectivity index (χ0v) is 19.2. The van der Waals surface area contributed by atoms with Crippen LogP contribution in [0.4, 0.5) is 18.9 Å². The molecule has 0 spiro atoms. The van der Waals surface area contributed by atoms with Crippen molar-refractivity contribution in [1.82, 2.24) is 9.79 Å². The van der Waals surface area contributed by atoms with Crippen molar-refractivity contribution in [3.63, 3.8) is 0 Å². The summed E-state index contributed by atoms with van der Waals surface area (Å²) < 4.78 is 65.9. The number of hydroxylamine groups is 1. The highest BCUT2D eigenvalue weighted by Crippen LogP contribution is 2.32.